The van der Waals surface area contributed by atoms with Crippen molar-refractivity contribution in [3.05, 3.63) is 88.9 Å². The molecule has 7 heteroatoms. The van der Waals surface area contributed by atoms with Gasteiger partial charge in [-0.3, -0.25) is 0 Å². The van der Waals surface area contributed by atoms with Crippen LogP contribution in [0.1, 0.15) is 24.0 Å². The highest BCUT2D eigenvalue weighted by Crippen LogP contribution is 2.41. The van der Waals surface area contributed by atoms with Crippen LogP contribution in [0.15, 0.2) is 77.7 Å². The van der Waals surface area contributed by atoms with E-state index in [4.69, 9.17) is 11.6 Å². The van der Waals surface area contributed by atoms with Gasteiger partial charge in [0.1, 0.15) is 0 Å². The summed E-state index contributed by atoms with van der Waals surface area (Å²) in [6.07, 6.45) is 2.24. The molecule has 0 radical (unpaired) electrons. The second-order valence-corrected chi connectivity index (χ2v) is 10.6. The van der Waals surface area contributed by atoms with Crippen LogP contribution in [-0.4, -0.2) is 31.7 Å². The van der Waals surface area contributed by atoms with Gasteiger partial charge in [-0.2, -0.15) is 0 Å². The van der Waals surface area contributed by atoms with E-state index < -0.39 is 22.2 Å². The van der Waals surface area contributed by atoms with Crippen molar-refractivity contribution in [2.75, 3.05) is 4.90 Å². The molecule has 1 saturated carbocycles. The fourth-order valence-electron chi connectivity index (χ4n) is 4.92. The van der Waals surface area contributed by atoms with Crippen LogP contribution in [-0.2, 0) is 22.9 Å². The number of halogens is 1. The molecule has 1 heterocycles. The third-order valence-corrected chi connectivity index (χ3v) is 8.27. The van der Waals surface area contributed by atoms with E-state index in [1.54, 1.807) is 12.1 Å². The van der Waals surface area contributed by atoms with Gasteiger partial charge < -0.3 is 10.0 Å². The van der Waals surface area contributed by atoms with Crippen LogP contribution in [0.4, 0.5) is 11.4 Å². The van der Waals surface area contributed by atoms with Gasteiger partial charge in [0, 0.05) is 16.4 Å². The van der Waals surface area contributed by atoms with E-state index in [1.165, 1.54) is 23.3 Å². The second kappa shape index (κ2) is 8.52. The average Bonchev–Trinajstić information content (AvgIpc) is 3.04. The molecule has 3 atom stereocenters. The van der Waals surface area contributed by atoms with E-state index in [-0.39, 0.29) is 10.9 Å². The van der Waals surface area contributed by atoms with E-state index >= 15 is 0 Å². The Balaban J connectivity index is 1.46. The normalized spacial score (nSPS) is 22.8. The Morgan fingerprint density at radius 2 is 1.41 bits per heavy atom. The van der Waals surface area contributed by atoms with Crippen molar-refractivity contribution >= 4 is 33.0 Å². The lowest BCUT2D eigenvalue weighted by Gasteiger charge is -2.35. The first-order chi connectivity index (χ1) is 15.4. The molecule has 0 saturated heterocycles. The van der Waals surface area contributed by atoms with Gasteiger partial charge in [-0.1, -0.05) is 48.0 Å². The third kappa shape index (κ3) is 3.92. The first kappa shape index (κ1) is 21.5. The van der Waals surface area contributed by atoms with Crippen molar-refractivity contribution in [3.8, 4) is 0 Å². The Bertz CT molecular complexity index is 1180. The van der Waals surface area contributed by atoms with Crippen LogP contribution in [0.5, 0.6) is 0 Å². The molecule has 2 unspecified atom stereocenters. The molecule has 0 amide bonds. The number of rotatable bonds is 4. The molecule has 0 aromatic heterocycles. The third-order valence-electron chi connectivity index (χ3n) is 6.51. The van der Waals surface area contributed by atoms with Gasteiger partial charge in [-0.15, -0.1) is 0 Å². The quantitative estimate of drug-likeness (QED) is 0.593. The van der Waals surface area contributed by atoms with Crippen LogP contribution < -0.4 is 9.62 Å². The maximum atomic E-state index is 12.9. The minimum atomic E-state index is -3.76. The number of benzene rings is 3. The van der Waals surface area contributed by atoms with E-state index in [1.807, 2.05) is 24.3 Å². The first-order valence-corrected chi connectivity index (χ1v) is 12.7. The topological polar surface area (TPSA) is 69.6 Å². The standard InChI is InChI=1S/C25H25ClN2O3S/c26-19-11-13-20(14-12-19)32(30,31)27-21-15-16-24(25(21)29)28-22-7-3-1-5-17(22)9-10-18-6-2-4-8-23(18)28/h1-8,11-14,21,24-25,27,29H,9-10,15-16H2/t21?,24?,25-/m0/s1. The molecular formula is C25H25ClN2O3S. The summed E-state index contributed by atoms with van der Waals surface area (Å²) >= 11 is 5.90. The molecule has 5 rings (SSSR count). The largest absolute Gasteiger partial charge is 0.389 e. The number of sulfonamides is 1. The maximum absolute atomic E-state index is 12.9. The monoisotopic (exact) mass is 468 g/mol. The average molecular weight is 469 g/mol. The summed E-state index contributed by atoms with van der Waals surface area (Å²) in [7, 11) is -3.76. The number of aliphatic hydroxyl groups excluding tert-OH is 1. The predicted octanol–water partition coefficient (Wildman–Crippen LogP) is 4.45. The minimum Gasteiger partial charge on any atom is -0.389 e. The number of nitrogens with one attached hydrogen (secondary N) is 1. The number of hydrogen-bond acceptors (Lipinski definition) is 4. The Kier molecular flexibility index (Phi) is 5.72. The molecule has 3 aromatic carbocycles. The van der Waals surface area contributed by atoms with Gasteiger partial charge in [0.15, 0.2) is 0 Å². The zero-order valence-corrected chi connectivity index (χ0v) is 19.1. The van der Waals surface area contributed by atoms with Gasteiger partial charge in [0.25, 0.3) is 0 Å². The Labute approximate surface area is 193 Å². The highest BCUT2D eigenvalue weighted by Gasteiger charge is 2.42. The van der Waals surface area contributed by atoms with Crippen LogP contribution in [0.2, 0.25) is 5.02 Å². The smallest absolute Gasteiger partial charge is 0.240 e. The summed E-state index contributed by atoms with van der Waals surface area (Å²) in [5.74, 6) is 0. The van der Waals surface area contributed by atoms with Gasteiger partial charge in [0.2, 0.25) is 10.0 Å². The number of aliphatic hydroxyl groups is 1. The fourth-order valence-corrected chi connectivity index (χ4v) is 6.33. The first-order valence-electron chi connectivity index (χ1n) is 10.8. The number of hydrogen-bond donors (Lipinski definition) is 2. The lowest BCUT2D eigenvalue weighted by molar-refractivity contribution is 0.142. The molecule has 32 heavy (non-hydrogen) atoms. The number of aryl methyl sites for hydroxylation is 2. The SMILES string of the molecule is O=S(=O)(NC1CCC(N2c3ccccc3CCc3ccccc32)[C@H]1O)c1ccc(Cl)cc1. The predicted molar refractivity (Wildman–Crippen MR) is 127 cm³/mol. The van der Waals surface area contributed by atoms with E-state index in [9.17, 15) is 13.5 Å². The van der Waals surface area contributed by atoms with E-state index in [0.717, 1.165) is 24.2 Å². The zero-order valence-electron chi connectivity index (χ0n) is 17.5. The summed E-state index contributed by atoms with van der Waals surface area (Å²) in [6, 6.07) is 21.8. The van der Waals surface area contributed by atoms with Crippen molar-refractivity contribution in [1.82, 2.24) is 4.72 Å². The molecule has 0 bridgehead atoms. The summed E-state index contributed by atoms with van der Waals surface area (Å²) in [5, 5.41) is 11.8. The highest BCUT2D eigenvalue weighted by atomic mass is 35.5. The highest BCUT2D eigenvalue weighted by molar-refractivity contribution is 7.89. The number of fused-ring (bicyclic) bond motifs is 2. The lowest BCUT2D eigenvalue weighted by Crippen LogP contribution is -2.47. The van der Waals surface area contributed by atoms with Crippen molar-refractivity contribution in [2.24, 2.45) is 0 Å². The van der Waals surface area contributed by atoms with Gasteiger partial charge in [-0.25, -0.2) is 13.1 Å². The Hall–Kier alpha value is -2.38. The molecule has 1 aliphatic carbocycles. The van der Waals surface area contributed by atoms with Crippen LogP contribution in [0.3, 0.4) is 0 Å². The number of nitrogens with zero attached hydrogens (tertiary/aromatic N) is 1. The molecule has 1 fully saturated rings. The Morgan fingerprint density at radius 3 is 2.00 bits per heavy atom. The molecule has 5 nitrogen and oxygen atoms in total. The number of anilines is 2. The molecule has 166 valence electrons. The van der Waals surface area contributed by atoms with Crippen molar-refractivity contribution in [1.29, 1.82) is 0 Å². The summed E-state index contributed by atoms with van der Waals surface area (Å²) < 4.78 is 28.5. The van der Waals surface area contributed by atoms with Gasteiger partial charge in [0.05, 0.1) is 23.1 Å². The van der Waals surface area contributed by atoms with Crippen molar-refractivity contribution in [2.45, 2.75) is 48.8 Å². The minimum absolute atomic E-state index is 0.142. The molecule has 1 aliphatic heterocycles. The van der Waals surface area contributed by atoms with Crippen LogP contribution in [0.25, 0.3) is 0 Å². The molecular weight excluding hydrogens is 444 g/mol. The zero-order chi connectivity index (χ0) is 22.3. The lowest BCUT2D eigenvalue weighted by atomic mass is 10.0. The molecule has 0 spiro atoms. The molecule has 2 N–H and O–H groups in total. The molecule has 2 aliphatic rings. The van der Waals surface area contributed by atoms with Crippen molar-refractivity contribution < 1.29 is 13.5 Å². The summed E-state index contributed by atoms with van der Waals surface area (Å²) in [5.41, 5.74) is 4.65. The summed E-state index contributed by atoms with van der Waals surface area (Å²) in [4.78, 5) is 2.36. The fraction of sp³-hybridized carbons (Fsp3) is 0.280. The van der Waals surface area contributed by atoms with Gasteiger partial charge in [-0.05, 0) is 73.2 Å². The van der Waals surface area contributed by atoms with E-state index in [0.29, 0.717) is 17.9 Å². The second-order valence-electron chi connectivity index (χ2n) is 8.44. The maximum Gasteiger partial charge on any atom is 0.240 e. The van der Waals surface area contributed by atoms with Crippen molar-refractivity contribution in [3.63, 3.8) is 0 Å². The van der Waals surface area contributed by atoms with Crippen LogP contribution in [0, 0.1) is 0 Å². The van der Waals surface area contributed by atoms with E-state index in [2.05, 4.69) is 33.9 Å². The number of para-hydroxylation sites is 2. The van der Waals surface area contributed by atoms with Gasteiger partial charge >= 0.3 is 0 Å². The summed E-state index contributed by atoms with van der Waals surface area (Å²) in [6.45, 7) is 0. The van der Waals surface area contributed by atoms with Crippen LogP contribution >= 0.6 is 11.6 Å². The Morgan fingerprint density at radius 1 is 0.844 bits per heavy atom. The molecule has 3 aromatic rings.